The summed E-state index contributed by atoms with van der Waals surface area (Å²) in [7, 11) is 5.52. The molecule has 2 amide bonds. The van der Waals surface area contributed by atoms with Gasteiger partial charge in [0.1, 0.15) is 6.04 Å². The molecule has 3 heterocycles. The first-order valence-electron chi connectivity index (χ1n) is 12.1. The van der Waals surface area contributed by atoms with E-state index in [0.717, 1.165) is 40.7 Å². The molecule has 0 radical (unpaired) electrons. The molecule has 1 aromatic heterocycles. The summed E-state index contributed by atoms with van der Waals surface area (Å²) < 4.78 is 4.83. The molecule has 35 heavy (non-hydrogen) atoms. The number of aromatic amines is 1. The molecule has 0 unspecified atom stereocenters. The zero-order valence-corrected chi connectivity index (χ0v) is 20.3. The Morgan fingerprint density at radius 3 is 2.57 bits per heavy atom. The number of nitrogens with one attached hydrogen (secondary N) is 2. The zero-order valence-electron chi connectivity index (χ0n) is 20.3. The van der Waals surface area contributed by atoms with Gasteiger partial charge < -0.3 is 24.4 Å². The summed E-state index contributed by atoms with van der Waals surface area (Å²) in [5.41, 5.74) is 4.28. The molecule has 1 saturated heterocycles. The van der Waals surface area contributed by atoms with Gasteiger partial charge in [-0.15, -0.1) is 0 Å². The van der Waals surface area contributed by atoms with Crippen LogP contribution in [0.5, 0.6) is 0 Å². The number of esters is 1. The van der Waals surface area contributed by atoms with Gasteiger partial charge >= 0.3 is 5.97 Å². The van der Waals surface area contributed by atoms with Gasteiger partial charge in [-0.25, -0.2) is 4.79 Å². The quantitative estimate of drug-likeness (QED) is 0.524. The van der Waals surface area contributed by atoms with Crippen LogP contribution in [0.3, 0.4) is 0 Å². The molecule has 182 valence electrons. The van der Waals surface area contributed by atoms with E-state index >= 15 is 0 Å². The van der Waals surface area contributed by atoms with E-state index in [1.165, 1.54) is 12.0 Å². The lowest BCUT2D eigenvalue weighted by molar-refractivity contribution is -0.858. The summed E-state index contributed by atoms with van der Waals surface area (Å²) in [5, 5.41) is 1.08. The lowest BCUT2D eigenvalue weighted by atomic mass is 9.86. The number of methoxy groups -OCH3 is 1. The van der Waals surface area contributed by atoms with Crippen molar-refractivity contribution in [1.82, 2.24) is 14.8 Å². The minimum absolute atomic E-state index is 0.00506. The molecule has 2 aliphatic heterocycles. The predicted octanol–water partition coefficient (Wildman–Crippen LogP) is 1.17. The number of carbonyl (C=O) groups excluding carboxylic acids is 3. The van der Waals surface area contributed by atoms with E-state index in [2.05, 4.69) is 25.1 Å². The maximum atomic E-state index is 13.7. The molecule has 0 saturated carbocycles. The van der Waals surface area contributed by atoms with E-state index < -0.39 is 18.1 Å². The highest BCUT2D eigenvalue weighted by Gasteiger charge is 2.48. The van der Waals surface area contributed by atoms with E-state index in [4.69, 9.17) is 4.74 Å². The minimum atomic E-state index is -0.556. The highest BCUT2D eigenvalue weighted by atomic mass is 16.5. The topological polar surface area (TPSA) is 87.1 Å². The summed E-state index contributed by atoms with van der Waals surface area (Å²) in [4.78, 5) is 47.5. The number of fused-ring (bicyclic) bond motifs is 4. The Kier molecular flexibility index (Phi) is 6.06. The van der Waals surface area contributed by atoms with Crippen molar-refractivity contribution in [3.8, 4) is 0 Å². The smallest absolute Gasteiger partial charge is 0.337 e. The first-order chi connectivity index (χ1) is 16.9. The number of carbonyl (C=O) groups is 3. The van der Waals surface area contributed by atoms with Crippen molar-refractivity contribution in [3.63, 3.8) is 0 Å². The molecular weight excluding hydrogens is 444 g/mol. The van der Waals surface area contributed by atoms with E-state index in [9.17, 15) is 14.4 Å². The Bertz CT molecular complexity index is 1280. The third kappa shape index (κ3) is 4.08. The van der Waals surface area contributed by atoms with Crippen molar-refractivity contribution in [2.75, 3.05) is 40.8 Å². The van der Waals surface area contributed by atoms with Gasteiger partial charge in [-0.1, -0.05) is 30.3 Å². The second kappa shape index (κ2) is 9.19. The largest absolute Gasteiger partial charge is 0.465 e. The summed E-state index contributed by atoms with van der Waals surface area (Å²) in [6, 6.07) is 14.2. The number of hydrogen-bond acceptors (Lipinski definition) is 4. The average Bonchev–Trinajstić information content (AvgIpc) is 3.23. The SMILES string of the molecule is COC(=O)c1ccc([C@@H]2c3[nH]c4ccccc4c3C[C@H]3C(=O)N(CCC[NH+](C)C)CC(=O)N23)cc1. The molecule has 0 aliphatic carbocycles. The van der Waals surface area contributed by atoms with Crippen LogP contribution in [0.4, 0.5) is 0 Å². The number of aromatic nitrogens is 1. The van der Waals surface area contributed by atoms with Crippen LogP contribution in [0, 0.1) is 0 Å². The van der Waals surface area contributed by atoms with Crippen molar-refractivity contribution in [1.29, 1.82) is 0 Å². The van der Waals surface area contributed by atoms with Gasteiger partial charge in [0.05, 0.1) is 45.9 Å². The van der Waals surface area contributed by atoms with E-state index in [0.29, 0.717) is 18.5 Å². The number of ether oxygens (including phenoxy) is 1. The fourth-order valence-electron chi connectivity index (χ4n) is 5.40. The van der Waals surface area contributed by atoms with Crippen molar-refractivity contribution in [2.45, 2.75) is 24.9 Å². The van der Waals surface area contributed by atoms with Gasteiger partial charge in [0.25, 0.3) is 0 Å². The maximum absolute atomic E-state index is 13.7. The third-order valence-corrected chi connectivity index (χ3v) is 7.09. The summed E-state index contributed by atoms with van der Waals surface area (Å²) >= 11 is 0. The average molecular weight is 476 g/mol. The summed E-state index contributed by atoms with van der Waals surface area (Å²) in [6.45, 7) is 1.61. The molecule has 8 nitrogen and oxygen atoms in total. The number of piperazine rings is 1. The van der Waals surface area contributed by atoms with Gasteiger partial charge in [-0.05, 0) is 29.3 Å². The number of H-pyrrole nitrogens is 1. The molecule has 2 aliphatic rings. The van der Waals surface area contributed by atoms with Gasteiger partial charge in [0.15, 0.2) is 0 Å². The predicted molar refractivity (Wildman–Crippen MR) is 131 cm³/mol. The lowest BCUT2D eigenvalue weighted by Gasteiger charge is -2.47. The first-order valence-corrected chi connectivity index (χ1v) is 12.1. The van der Waals surface area contributed by atoms with Gasteiger partial charge in [-0.2, -0.15) is 0 Å². The molecule has 0 bridgehead atoms. The second-order valence-electron chi connectivity index (χ2n) is 9.67. The summed E-state index contributed by atoms with van der Waals surface area (Å²) in [6.07, 6.45) is 1.33. The molecule has 1 fully saturated rings. The monoisotopic (exact) mass is 475 g/mol. The highest BCUT2D eigenvalue weighted by molar-refractivity contribution is 5.97. The Morgan fingerprint density at radius 2 is 1.86 bits per heavy atom. The lowest BCUT2D eigenvalue weighted by Crippen LogP contribution is -3.05. The van der Waals surface area contributed by atoms with E-state index in [1.54, 1.807) is 21.9 Å². The molecule has 3 aromatic rings. The number of amides is 2. The highest BCUT2D eigenvalue weighted by Crippen LogP contribution is 2.42. The van der Waals surface area contributed by atoms with E-state index in [-0.39, 0.29) is 18.4 Å². The van der Waals surface area contributed by atoms with Crippen LogP contribution in [0.1, 0.15) is 39.6 Å². The van der Waals surface area contributed by atoms with Crippen LogP contribution < -0.4 is 4.90 Å². The zero-order chi connectivity index (χ0) is 24.7. The third-order valence-electron chi connectivity index (χ3n) is 7.09. The molecule has 0 spiro atoms. The van der Waals surface area contributed by atoms with Crippen LogP contribution in [0.15, 0.2) is 48.5 Å². The number of rotatable bonds is 6. The number of nitrogens with zero attached hydrogens (tertiary/aromatic N) is 2. The molecule has 2 atom stereocenters. The van der Waals surface area contributed by atoms with E-state index in [1.807, 2.05) is 30.3 Å². The number of benzene rings is 2. The van der Waals surface area contributed by atoms with Crippen molar-refractivity contribution >= 4 is 28.7 Å². The molecule has 2 aromatic carbocycles. The van der Waals surface area contributed by atoms with Crippen LogP contribution in [0.2, 0.25) is 0 Å². The number of para-hydroxylation sites is 1. The van der Waals surface area contributed by atoms with Gasteiger partial charge in [0.2, 0.25) is 11.8 Å². The second-order valence-corrected chi connectivity index (χ2v) is 9.67. The maximum Gasteiger partial charge on any atom is 0.337 e. The van der Waals surface area contributed by atoms with Crippen molar-refractivity contribution in [2.24, 2.45) is 0 Å². The Hall–Kier alpha value is -3.65. The van der Waals surface area contributed by atoms with Crippen LogP contribution in [-0.2, 0) is 20.7 Å². The first kappa shape index (κ1) is 23.1. The fraction of sp³-hybridized carbons (Fsp3) is 0.370. The number of quaternary nitrogens is 1. The van der Waals surface area contributed by atoms with Gasteiger partial charge in [0, 0.05) is 36.0 Å². The molecule has 2 N–H and O–H groups in total. The van der Waals surface area contributed by atoms with Crippen molar-refractivity contribution in [3.05, 3.63) is 70.9 Å². The normalized spacial score (nSPS) is 19.8. The summed E-state index contributed by atoms with van der Waals surface area (Å²) in [5.74, 6) is -0.465. The van der Waals surface area contributed by atoms with Crippen LogP contribution >= 0.6 is 0 Å². The minimum Gasteiger partial charge on any atom is -0.465 e. The fourth-order valence-corrected chi connectivity index (χ4v) is 5.40. The molecular formula is C27H31N4O4+. The van der Waals surface area contributed by atoms with Crippen LogP contribution in [-0.4, -0.2) is 79.4 Å². The number of hydrogen-bond donors (Lipinski definition) is 2. The Balaban J connectivity index is 1.56. The molecule has 5 rings (SSSR count). The molecule has 8 heteroatoms. The Morgan fingerprint density at radius 1 is 1.11 bits per heavy atom. The van der Waals surface area contributed by atoms with Crippen LogP contribution in [0.25, 0.3) is 10.9 Å². The Labute approximate surface area is 204 Å². The van der Waals surface area contributed by atoms with Crippen molar-refractivity contribution < 1.29 is 24.0 Å². The van der Waals surface area contributed by atoms with Gasteiger partial charge in [-0.3, -0.25) is 9.59 Å². The standard InChI is InChI=1S/C27H30N4O4/c1-29(2)13-6-14-30-16-23(32)31-22(26(30)33)15-20-19-7-4-5-8-21(19)28-24(20)25(31)17-9-11-18(12-10-17)27(34)35-3/h4-5,7-12,22,25,28H,6,13-16H2,1-3H3/p+1/t22-,25+/m0/s1.